The summed E-state index contributed by atoms with van der Waals surface area (Å²) >= 11 is 0. The first kappa shape index (κ1) is 8.96. The van der Waals surface area contributed by atoms with Gasteiger partial charge in [0.25, 0.3) is 10.1 Å². The van der Waals surface area contributed by atoms with E-state index in [1.807, 2.05) is 0 Å². The lowest BCUT2D eigenvalue weighted by Gasteiger charge is -1.98. The van der Waals surface area contributed by atoms with E-state index < -0.39 is 10.1 Å². The summed E-state index contributed by atoms with van der Waals surface area (Å²) in [5.41, 5.74) is 0. The van der Waals surface area contributed by atoms with Crippen LogP contribution in [0.25, 0.3) is 0 Å². The van der Waals surface area contributed by atoms with Gasteiger partial charge in [0.2, 0.25) is 0 Å². The van der Waals surface area contributed by atoms with Crippen molar-refractivity contribution in [1.82, 2.24) is 0 Å². The fraction of sp³-hybridized carbons (Fsp3) is 1.00. The molecule has 1 unspecified atom stereocenters. The van der Waals surface area contributed by atoms with E-state index in [1.165, 1.54) is 0 Å². The maximum absolute atomic E-state index is 10.4. The van der Waals surface area contributed by atoms with Gasteiger partial charge in [-0.3, -0.25) is 4.18 Å². The highest BCUT2D eigenvalue weighted by Gasteiger charge is 2.21. The van der Waals surface area contributed by atoms with Crippen molar-refractivity contribution in [2.45, 2.75) is 18.9 Å². The number of hydrogen-bond donors (Lipinski definition) is 0. The molecule has 11 heavy (non-hydrogen) atoms. The second kappa shape index (κ2) is 3.51. The quantitative estimate of drug-likeness (QED) is 0.343. The van der Waals surface area contributed by atoms with E-state index in [4.69, 9.17) is 4.74 Å². The highest BCUT2D eigenvalue weighted by Crippen LogP contribution is 2.15. The van der Waals surface area contributed by atoms with E-state index >= 15 is 0 Å². The van der Waals surface area contributed by atoms with Crippen molar-refractivity contribution in [2.24, 2.45) is 0 Å². The van der Waals surface area contributed by atoms with Gasteiger partial charge in [0.15, 0.2) is 0 Å². The van der Waals surface area contributed by atoms with Gasteiger partial charge in [-0.05, 0) is 12.8 Å². The molecule has 1 atom stereocenters. The Morgan fingerprint density at radius 2 is 2.27 bits per heavy atom. The Labute approximate surface area is 66.6 Å². The van der Waals surface area contributed by atoms with Crippen LogP contribution in [0.15, 0.2) is 0 Å². The molecule has 1 aliphatic rings. The normalized spacial score (nSPS) is 23.5. The minimum absolute atomic E-state index is 0.276. The van der Waals surface area contributed by atoms with E-state index in [-0.39, 0.29) is 6.61 Å². The molecule has 1 heterocycles. The van der Waals surface area contributed by atoms with Crippen molar-refractivity contribution in [3.05, 3.63) is 0 Å². The van der Waals surface area contributed by atoms with E-state index in [0.717, 1.165) is 25.7 Å². The minimum Gasteiger partial charge on any atom is -0.373 e. The molecule has 0 saturated carbocycles. The lowest BCUT2D eigenvalue weighted by Crippen LogP contribution is -2.04. The predicted octanol–water partition coefficient (Wildman–Crippen LogP) is 0.142. The fourth-order valence-electron chi connectivity index (χ4n) is 0.756. The Bertz CT molecular complexity index is 205. The lowest BCUT2D eigenvalue weighted by molar-refractivity contribution is 0.299. The molecule has 5 heteroatoms. The standard InChI is InChI=1S/C6H12O4S/c1-11(7,8)10-4-2-3-6-5-9-6/h6H,2-5H2,1H3. The molecule has 66 valence electrons. The van der Waals surface area contributed by atoms with Crippen LogP contribution in [0.5, 0.6) is 0 Å². The van der Waals surface area contributed by atoms with E-state index in [1.54, 1.807) is 0 Å². The zero-order chi connectivity index (χ0) is 8.32. The van der Waals surface area contributed by atoms with Crippen LogP contribution in [0.3, 0.4) is 0 Å². The second-order valence-electron chi connectivity index (χ2n) is 2.62. The van der Waals surface area contributed by atoms with Gasteiger partial charge < -0.3 is 4.74 Å². The highest BCUT2D eigenvalue weighted by atomic mass is 32.2. The van der Waals surface area contributed by atoms with Crippen LogP contribution in [0.2, 0.25) is 0 Å². The molecule has 1 saturated heterocycles. The Kier molecular flexibility index (Phi) is 2.86. The Morgan fingerprint density at radius 3 is 2.73 bits per heavy atom. The van der Waals surface area contributed by atoms with Gasteiger partial charge >= 0.3 is 0 Å². The molecule has 0 bridgehead atoms. The third-order valence-corrected chi connectivity index (χ3v) is 1.97. The Hall–Kier alpha value is -0.130. The van der Waals surface area contributed by atoms with E-state index in [9.17, 15) is 8.42 Å². The molecular weight excluding hydrogens is 168 g/mol. The summed E-state index contributed by atoms with van der Waals surface area (Å²) < 4.78 is 30.3. The first-order valence-corrected chi connectivity index (χ1v) is 5.35. The molecule has 0 aromatic heterocycles. The van der Waals surface area contributed by atoms with Crippen LogP contribution < -0.4 is 0 Å². The summed E-state index contributed by atoms with van der Waals surface area (Å²) in [4.78, 5) is 0. The van der Waals surface area contributed by atoms with Gasteiger partial charge in [-0.25, -0.2) is 0 Å². The summed E-state index contributed by atoms with van der Waals surface area (Å²) in [6.45, 7) is 1.09. The average Bonchev–Trinajstić information content (AvgIpc) is 2.60. The molecule has 0 spiro atoms. The third-order valence-electron chi connectivity index (χ3n) is 1.37. The number of epoxide rings is 1. The maximum atomic E-state index is 10.4. The van der Waals surface area contributed by atoms with Crippen molar-refractivity contribution in [2.75, 3.05) is 19.5 Å². The monoisotopic (exact) mass is 180 g/mol. The van der Waals surface area contributed by atoms with Gasteiger partial charge in [-0.15, -0.1) is 0 Å². The molecule has 4 nitrogen and oxygen atoms in total. The lowest BCUT2D eigenvalue weighted by atomic mass is 10.3. The summed E-state index contributed by atoms with van der Waals surface area (Å²) in [6, 6.07) is 0. The summed E-state index contributed by atoms with van der Waals surface area (Å²) in [6.07, 6.45) is 3.06. The van der Waals surface area contributed by atoms with Gasteiger partial charge in [-0.2, -0.15) is 8.42 Å². The largest absolute Gasteiger partial charge is 0.373 e. The summed E-state index contributed by atoms with van der Waals surface area (Å²) in [7, 11) is -3.24. The maximum Gasteiger partial charge on any atom is 0.264 e. The molecule has 0 radical (unpaired) electrons. The van der Waals surface area contributed by atoms with Crippen molar-refractivity contribution in [3.8, 4) is 0 Å². The first-order valence-electron chi connectivity index (χ1n) is 3.54. The molecule has 1 fully saturated rings. The molecule has 0 aliphatic carbocycles. The van der Waals surface area contributed by atoms with Gasteiger partial charge in [0.1, 0.15) is 0 Å². The van der Waals surface area contributed by atoms with Gasteiger partial charge in [0, 0.05) is 0 Å². The van der Waals surface area contributed by atoms with Crippen LogP contribution >= 0.6 is 0 Å². The Morgan fingerprint density at radius 1 is 1.64 bits per heavy atom. The van der Waals surface area contributed by atoms with Crippen LogP contribution in [0, 0.1) is 0 Å². The van der Waals surface area contributed by atoms with E-state index in [2.05, 4.69) is 4.18 Å². The van der Waals surface area contributed by atoms with Crippen LogP contribution in [-0.4, -0.2) is 34.0 Å². The molecule has 1 rings (SSSR count). The van der Waals surface area contributed by atoms with Gasteiger partial charge in [-0.1, -0.05) is 0 Å². The molecule has 1 aliphatic heterocycles. The van der Waals surface area contributed by atoms with Crippen molar-refractivity contribution in [1.29, 1.82) is 0 Å². The van der Waals surface area contributed by atoms with Crippen molar-refractivity contribution < 1.29 is 17.3 Å². The molecule has 0 aromatic rings. The Balaban J connectivity index is 1.95. The van der Waals surface area contributed by atoms with E-state index in [0.29, 0.717) is 6.10 Å². The SMILES string of the molecule is CS(=O)(=O)OCCCC1CO1. The minimum atomic E-state index is -3.24. The highest BCUT2D eigenvalue weighted by molar-refractivity contribution is 7.85. The van der Waals surface area contributed by atoms with Crippen LogP contribution in [0.4, 0.5) is 0 Å². The average molecular weight is 180 g/mol. The first-order chi connectivity index (χ1) is 5.08. The fourth-order valence-corrected chi connectivity index (χ4v) is 1.18. The molecule has 0 aromatic carbocycles. The predicted molar refractivity (Wildman–Crippen MR) is 39.8 cm³/mol. The number of ether oxygens (including phenoxy) is 1. The van der Waals surface area contributed by atoms with Crippen LogP contribution in [0.1, 0.15) is 12.8 Å². The van der Waals surface area contributed by atoms with Gasteiger partial charge in [0.05, 0.1) is 25.6 Å². The van der Waals surface area contributed by atoms with Crippen molar-refractivity contribution >= 4 is 10.1 Å². The second-order valence-corrected chi connectivity index (χ2v) is 4.27. The molecule has 0 N–H and O–H groups in total. The molecular formula is C6H12O4S. The number of hydrogen-bond acceptors (Lipinski definition) is 4. The smallest absolute Gasteiger partial charge is 0.264 e. The summed E-state index contributed by atoms with van der Waals surface area (Å²) in [5, 5.41) is 0. The summed E-state index contributed by atoms with van der Waals surface area (Å²) in [5.74, 6) is 0. The topological polar surface area (TPSA) is 55.9 Å². The third kappa shape index (κ3) is 5.17. The van der Waals surface area contributed by atoms with Crippen molar-refractivity contribution in [3.63, 3.8) is 0 Å². The van der Waals surface area contributed by atoms with Crippen LogP contribution in [-0.2, 0) is 19.0 Å². The zero-order valence-electron chi connectivity index (χ0n) is 6.45. The molecule has 0 amide bonds. The number of rotatable bonds is 5. The zero-order valence-corrected chi connectivity index (χ0v) is 7.26.